The highest BCUT2D eigenvalue weighted by Crippen LogP contribution is 2.08. The van der Waals surface area contributed by atoms with E-state index in [1.807, 2.05) is 5.32 Å². The van der Waals surface area contributed by atoms with Gasteiger partial charge in [0.15, 0.2) is 6.04 Å². The second-order valence-corrected chi connectivity index (χ2v) is 3.46. The number of alkyl carbamates (subject to hydrolysis) is 1. The van der Waals surface area contributed by atoms with Gasteiger partial charge in [0.25, 0.3) is 0 Å². The summed E-state index contributed by atoms with van der Waals surface area (Å²) in [6.45, 7) is 5.86. The van der Waals surface area contributed by atoms with Crippen molar-refractivity contribution in [2.45, 2.75) is 25.5 Å². The normalized spacial score (nSPS) is 12.7. The van der Waals surface area contributed by atoms with Crippen LogP contribution in [-0.4, -0.2) is 40.5 Å². The Kier molecular flexibility index (Phi) is 4.80. The van der Waals surface area contributed by atoms with E-state index in [2.05, 4.69) is 11.3 Å². The summed E-state index contributed by atoms with van der Waals surface area (Å²) in [7, 11) is 0. The van der Waals surface area contributed by atoms with Crippen LogP contribution < -0.4 is 5.32 Å². The van der Waals surface area contributed by atoms with Crippen molar-refractivity contribution in [2.75, 3.05) is 6.61 Å². The molecule has 0 spiro atoms. The van der Waals surface area contributed by atoms with Crippen molar-refractivity contribution >= 4 is 12.1 Å². The van der Waals surface area contributed by atoms with Crippen molar-refractivity contribution < 1.29 is 24.5 Å². The molecule has 1 amide bonds. The first kappa shape index (κ1) is 13.4. The molecule has 0 radical (unpaired) electrons. The molecule has 0 bridgehead atoms. The fourth-order valence-electron chi connectivity index (χ4n) is 0.835. The van der Waals surface area contributed by atoms with E-state index in [1.54, 1.807) is 0 Å². The molecule has 1 atom stereocenters. The summed E-state index contributed by atoms with van der Waals surface area (Å²) in [5.74, 6) is -1.34. The highest BCUT2D eigenvalue weighted by Gasteiger charge is 2.35. The lowest BCUT2D eigenvalue weighted by Gasteiger charge is -2.25. The number of aliphatic hydroxyl groups is 1. The van der Waals surface area contributed by atoms with E-state index in [4.69, 9.17) is 5.11 Å². The van der Waals surface area contributed by atoms with Crippen molar-refractivity contribution in [1.82, 2.24) is 5.32 Å². The van der Waals surface area contributed by atoms with Crippen molar-refractivity contribution in [1.29, 1.82) is 0 Å². The number of hydrogen-bond donors (Lipinski definition) is 3. The Hall–Kier alpha value is -1.56. The van der Waals surface area contributed by atoms with E-state index in [1.165, 1.54) is 19.9 Å². The van der Waals surface area contributed by atoms with E-state index < -0.39 is 23.7 Å². The van der Waals surface area contributed by atoms with Crippen molar-refractivity contribution in [3.8, 4) is 0 Å². The highest BCUT2D eigenvalue weighted by atomic mass is 16.5. The van der Waals surface area contributed by atoms with Gasteiger partial charge in [0, 0.05) is 0 Å². The molecule has 0 aromatic rings. The van der Waals surface area contributed by atoms with Gasteiger partial charge in [0.2, 0.25) is 0 Å². The van der Waals surface area contributed by atoms with Crippen LogP contribution in [0.1, 0.15) is 13.8 Å². The maximum atomic E-state index is 11.0. The number of nitrogens with one attached hydrogen (secondary N) is 1. The molecule has 0 aromatic carbocycles. The van der Waals surface area contributed by atoms with Crippen LogP contribution in [-0.2, 0) is 9.53 Å². The third-order valence-corrected chi connectivity index (χ3v) is 1.55. The summed E-state index contributed by atoms with van der Waals surface area (Å²) >= 11 is 0. The number of rotatable bonds is 5. The molecule has 6 nitrogen and oxygen atoms in total. The SMILES string of the molecule is C=CCOC(=O)NC(C(=O)O)C(C)(C)O. The van der Waals surface area contributed by atoms with Crippen molar-refractivity contribution in [3.63, 3.8) is 0 Å². The lowest BCUT2D eigenvalue weighted by atomic mass is 9.99. The van der Waals surface area contributed by atoms with E-state index in [9.17, 15) is 14.7 Å². The molecule has 1 unspecified atom stereocenters. The van der Waals surface area contributed by atoms with Crippen LogP contribution in [0.15, 0.2) is 12.7 Å². The molecule has 0 aromatic heterocycles. The number of amides is 1. The molecule has 0 rings (SSSR count). The lowest BCUT2D eigenvalue weighted by Crippen LogP contribution is -2.54. The Balaban J connectivity index is 4.37. The molecule has 0 aliphatic carbocycles. The molecule has 0 saturated heterocycles. The number of hydrogen-bond acceptors (Lipinski definition) is 4. The molecular weight excluding hydrogens is 202 g/mol. The minimum absolute atomic E-state index is 0.0238. The summed E-state index contributed by atoms with van der Waals surface area (Å²) in [4.78, 5) is 21.7. The Morgan fingerprint density at radius 1 is 1.60 bits per heavy atom. The number of aliphatic carboxylic acids is 1. The predicted octanol–water partition coefficient (Wildman–Crippen LogP) is 0.123. The quantitative estimate of drug-likeness (QED) is 0.568. The summed E-state index contributed by atoms with van der Waals surface area (Å²) in [6, 6.07) is -1.42. The molecule has 3 N–H and O–H groups in total. The van der Waals surface area contributed by atoms with Crippen LogP contribution in [0.4, 0.5) is 4.79 Å². The molecule has 0 saturated carbocycles. The van der Waals surface area contributed by atoms with Gasteiger partial charge in [0.1, 0.15) is 6.61 Å². The monoisotopic (exact) mass is 217 g/mol. The second-order valence-electron chi connectivity index (χ2n) is 3.46. The number of carbonyl (C=O) groups excluding carboxylic acids is 1. The lowest BCUT2D eigenvalue weighted by molar-refractivity contribution is -0.145. The minimum atomic E-state index is -1.57. The van der Waals surface area contributed by atoms with Gasteiger partial charge in [-0.25, -0.2) is 9.59 Å². The van der Waals surface area contributed by atoms with Crippen molar-refractivity contribution in [2.24, 2.45) is 0 Å². The Morgan fingerprint density at radius 3 is 2.47 bits per heavy atom. The summed E-state index contributed by atoms with van der Waals surface area (Å²) < 4.78 is 4.52. The van der Waals surface area contributed by atoms with Gasteiger partial charge in [-0.15, -0.1) is 0 Å². The first-order valence-corrected chi connectivity index (χ1v) is 4.28. The first-order chi connectivity index (χ1) is 6.79. The average Bonchev–Trinajstić information content (AvgIpc) is 2.08. The zero-order valence-corrected chi connectivity index (χ0v) is 8.69. The molecule has 6 heteroatoms. The smallest absolute Gasteiger partial charge is 0.408 e. The first-order valence-electron chi connectivity index (χ1n) is 4.28. The number of carboxylic acid groups (broad SMARTS) is 1. The number of carboxylic acids is 1. The fraction of sp³-hybridized carbons (Fsp3) is 0.556. The van der Waals surface area contributed by atoms with Gasteiger partial charge in [-0.05, 0) is 13.8 Å². The van der Waals surface area contributed by atoms with Crippen LogP contribution in [0.5, 0.6) is 0 Å². The van der Waals surface area contributed by atoms with Crippen molar-refractivity contribution in [3.05, 3.63) is 12.7 Å². The maximum Gasteiger partial charge on any atom is 0.408 e. The van der Waals surface area contributed by atoms with Crippen LogP contribution in [0.25, 0.3) is 0 Å². The summed E-state index contributed by atoms with van der Waals surface area (Å²) in [5, 5.41) is 20.2. The van der Waals surface area contributed by atoms with Crippen LogP contribution >= 0.6 is 0 Å². The summed E-state index contributed by atoms with van der Waals surface area (Å²) in [5.41, 5.74) is -1.57. The Morgan fingerprint density at radius 2 is 2.13 bits per heavy atom. The molecule has 0 fully saturated rings. The van der Waals surface area contributed by atoms with Crippen LogP contribution in [0.2, 0.25) is 0 Å². The topological polar surface area (TPSA) is 95.9 Å². The molecular formula is C9H15NO5. The third kappa shape index (κ3) is 5.02. The van der Waals surface area contributed by atoms with Gasteiger partial charge in [-0.1, -0.05) is 12.7 Å². The van der Waals surface area contributed by atoms with Crippen LogP contribution in [0.3, 0.4) is 0 Å². The fourth-order valence-corrected chi connectivity index (χ4v) is 0.835. The van der Waals surface area contributed by atoms with Gasteiger partial charge < -0.3 is 20.3 Å². The van der Waals surface area contributed by atoms with E-state index in [0.29, 0.717) is 0 Å². The third-order valence-electron chi connectivity index (χ3n) is 1.55. The largest absolute Gasteiger partial charge is 0.480 e. The Bertz CT molecular complexity index is 256. The number of carbonyl (C=O) groups is 2. The Labute approximate surface area is 87.5 Å². The van der Waals surface area contributed by atoms with E-state index >= 15 is 0 Å². The average molecular weight is 217 g/mol. The molecule has 0 heterocycles. The van der Waals surface area contributed by atoms with Gasteiger partial charge in [-0.3, -0.25) is 0 Å². The highest BCUT2D eigenvalue weighted by molar-refractivity contribution is 5.81. The van der Waals surface area contributed by atoms with Gasteiger partial charge in [0.05, 0.1) is 5.60 Å². The second kappa shape index (κ2) is 5.35. The minimum Gasteiger partial charge on any atom is -0.480 e. The van der Waals surface area contributed by atoms with Gasteiger partial charge >= 0.3 is 12.1 Å². The molecule has 0 aliphatic heterocycles. The predicted molar refractivity (Wildman–Crippen MR) is 52.4 cm³/mol. The molecule has 0 aliphatic rings. The summed E-state index contributed by atoms with van der Waals surface area (Å²) in [6.07, 6.45) is 0.434. The van der Waals surface area contributed by atoms with E-state index in [0.717, 1.165) is 0 Å². The van der Waals surface area contributed by atoms with Gasteiger partial charge in [-0.2, -0.15) is 0 Å². The van der Waals surface area contributed by atoms with Crippen LogP contribution in [0, 0.1) is 0 Å². The van der Waals surface area contributed by atoms with E-state index in [-0.39, 0.29) is 6.61 Å². The zero-order valence-electron chi connectivity index (χ0n) is 8.69. The zero-order chi connectivity index (χ0) is 12.1. The maximum absolute atomic E-state index is 11.0. The molecule has 15 heavy (non-hydrogen) atoms. The standard InChI is InChI=1S/C9H15NO5/c1-4-5-15-8(13)10-6(7(11)12)9(2,3)14/h4,6,14H,1,5H2,2-3H3,(H,10,13)(H,11,12). The molecule has 86 valence electrons. The number of ether oxygens (including phenoxy) is 1.